The van der Waals surface area contributed by atoms with Crippen LogP contribution in [0.2, 0.25) is 0 Å². The van der Waals surface area contributed by atoms with Crippen molar-refractivity contribution in [2.45, 2.75) is 66.7 Å². The number of carbonyl (C=O) groups is 1. The third-order valence-corrected chi connectivity index (χ3v) is 7.48. The molecular weight excluding hydrogens is 272 g/mol. The van der Waals surface area contributed by atoms with Crippen molar-refractivity contribution in [3.8, 4) is 0 Å². The van der Waals surface area contributed by atoms with E-state index in [1.807, 2.05) is 13.8 Å². The molecule has 0 heterocycles. The van der Waals surface area contributed by atoms with E-state index < -0.39 is 0 Å². The monoisotopic (exact) mass is 304 g/mol. The number of allylic oxidation sites excluding steroid dienone is 2. The standard InChI is InChI=1S/C20H32O2/c1-6-14(3)18(21)22-12-19(5)16-8-7-15(4)20(16)10-9-13(2)11-17(19)20/h11,14-17H,6-10,12H2,1-5H3/t14?,15-,16-,17-,19-,20-/m1/s1. The van der Waals surface area contributed by atoms with E-state index in [9.17, 15) is 4.79 Å². The second-order valence-corrected chi connectivity index (χ2v) is 8.56. The van der Waals surface area contributed by atoms with Crippen LogP contribution in [0.4, 0.5) is 0 Å². The van der Waals surface area contributed by atoms with Crippen LogP contribution in [0, 0.1) is 34.5 Å². The highest BCUT2D eigenvalue weighted by atomic mass is 16.5. The van der Waals surface area contributed by atoms with Crippen LogP contribution in [-0.2, 0) is 9.53 Å². The molecule has 1 spiro atoms. The molecule has 22 heavy (non-hydrogen) atoms. The Kier molecular flexibility index (Phi) is 3.94. The van der Waals surface area contributed by atoms with Crippen molar-refractivity contribution < 1.29 is 9.53 Å². The largest absolute Gasteiger partial charge is 0.465 e. The van der Waals surface area contributed by atoms with Crippen molar-refractivity contribution in [3.63, 3.8) is 0 Å². The van der Waals surface area contributed by atoms with Gasteiger partial charge in [-0.05, 0) is 62.2 Å². The van der Waals surface area contributed by atoms with Crippen LogP contribution in [0.3, 0.4) is 0 Å². The Morgan fingerprint density at radius 3 is 2.86 bits per heavy atom. The van der Waals surface area contributed by atoms with Gasteiger partial charge < -0.3 is 4.74 Å². The maximum Gasteiger partial charge on any atom is 0.308 e. The minimum Gasteiger partial charge on any atom is -0.465 e. The molecule has 2 heteroatoms. The molecule has 0 amide bonds. The third-order valence-electron chi connectivity index (χ3n) is 7.48. The van der Waals surface area contributed by atoms with Crippen LogP contribution in [0.25, 0.3) is 0 Å². The van der Waals surface area contributed by atoms with Crippen LogP contribution >= 0.6 is 0 Å². The highest BCUT2D eigenvalue weighted by molar-refractivity contribution is 5.71. The molecule has 124 valence electrons. The maximum atomic E-state index is 12.1. The molecule has 2 nitrogen and oxygen atoms in total. The summed E-state index contributed by atoms with van der Waals surface area (Å²) in [6, 6.07) is 0. The number of rotatable bonds is 4. The molecule has 3 aliphatic carbocycles. The summed E-state index contributed by atoms with van der Waals surface area (Å²) in [6.07, 6.45) is 8.67. The fraction of sp³-hybridized carbons (Fsp3) is 0.850. The van der Waals surface area contributed by atoms with Crippen LogP contribution < -0.4 is 0 Å². The molecule has 2 fully saturated rings. The van der Waals surface area contributed by atoms with Crippen molar-refractivity contribution in [2.75, 3.05) is 6.61 Å². The molecule has 1 unspecified atom stereocenters. The Bertz CT molecular complexity index is 494. The molecule has 3 aliphatic rings. The third kappa shape index (κ3) is 2.02. The first-order chi connectivity index (χ1) is 10.4. The van der Waals surface area contributed by atoms with E-state index in [0.29, 0.717) is 17.9 Å². The SMILES string of the molecule is CCC(C)C(=O)OC[C@@]1(C)[C@H]2C=C(C)CC[C@]23[C@H](C)CC[C@H]13. The average Bonchev–Trinajstić information content (AvgIpc) is 2.80. The van der Waals surface area contributed by atoms with Gasteiger partial charge in [-0.25, -0.2) is 0 Å². The van der Waals surface area contributed by atoms with Crippen molar-refractivity contribution in [1.82, 2.24) is 0 Å². The van der Waals surface area contributed by atoms with E-state index in [0.717, 1.165) is 18.3 Å². The molecular formula is C20H32O2. The van der Waals surface area contributed by atoms with Crippen LogP contribution in [0.15, 0.2) is 11.6 Å². The van der Waals surface area contributed by atoms with Gasteiger partial charge in [0.05, 0.1) is 12.5 Å². The summed E-state index contributed by atoms with van der Waals surface area (Å²) in [7, 11) is 0. The molecule has 0 aromatic heterocycles. The quantitative estimate of drug-likeness (QED) is 0.540. The Hall–Kier alpha value is -0.790. The number of ether oxygens (including phenoxy) is 1. The minimum absolute atomic E-state index is 0.0104. The van der Waals surface area contributed by atoms with E-state index in [1.54, 1.807) is 0 Å². The Labute approximate surface area is 135 Å². The first-order valence-electron chi connectivity index (χ1n) is 9.20. The van der Waals surface area contributed by atoms with Gasteiger partial charge in [0.15, 0.2) is 0 Å². The van der Waals surface area contributed by atoms with Crippen molar-refractivity contribution in [1.29, 1.82) is 0 Å². The molecule has 0 saturated heterocycles. The average molecular weight is 304 g/mol. The summed E-state index contributed by atoms with van der Waals surface area (Å²) in [5.74, 6) is 2.20. The summed E-state index contributed by atoms with van der Waals surface area (Å²) in [5.41, 5.74) is 2.21. The van der Waals surface area contributed by atoms with E-state index in [-0.39, 0.29) is 17.3 Å². The first-order valence-corrected chi connectivity index (χ1v) is 9.20. The number of esters is 1. The fourth-order valence-electron chi connectivity index (χ4n) is 5.93. The normalized spacial score (nSPS) is 44.4. The zero-order chi connectivity index (χ0) is 16.1. The Morgan fingerprint density at radius 1 is 1.45 bits per heavy atom. The van der Waals surface area contributed by atoms with E-state index in [1.165, 1.54) is 31.3 Å². The number of carbonyl (C=O) groups excluding carboxylic acids is 1. The van der Waals surface area contributed by atoms with Gasteiger partial charge in [-0.2, -0.15) is 0 Å². The van der Waals surface area contributed by atoms with Gasteiger partial charge >= 0.3 is 5.97 Å². The van der Waals surface area contributed by atoms with Crippen LogP contribution in [-0.4, -0.2) is 12.6 Å². The molecule has 3 rings (SSSR count). The Morgan fingerprint density at radius 2 is 2.18 bits per heavy atom. The van der Waals surface area contributed by atoms with Gasteiger partial charge in [-0.3, -0.25) is 4.79 Å². The Balaban J connectivity index is 1.79. The summed E-state index contributed by atoms with van der Waals surface area (Å²) < 4.78 is 5.76. The number of hydrogen-bond donors (Lipinski definition) is 0. The fourth-order valence-corrected chi connectivity index (χ4v) is 5.93. The summed E-state index contributed by atoms with van der Waals surface area (Å²) in [5, 5.41) is 0. The molecule has 0 radical (unpaired) electrons. The van der Waals surface area contributed by atoms with E-state index >= 15 is 0 Å². The number of hydrogen-bond acceptors (Lipinski definition) is 2. The first kappa shape index (κ1) is 16.1. The predicted octanol–water partition coefficient (Wildman–Crippen LogP) is 4.98. The summed E-state index contributed by atoms with van der Waals surface area (Å²) in [6.45, 7) is 11.7. The highest BCUT2D eigenvalue weighted by Crippen LogP contribution is 2.76. The molecule has 0 bridgehead atoms. The lowest BCUT2D eigenvalue weighted by Crippen LogP contribution is -2.65. The maximum absolute atomic E-state index is 12.1. The second-order valence-electron chi connectivity index (χ2n) is 8.56. The lowest BCUT2D eigenvalue weighted by molar-refractivity contribution is -0.207. The summed E-state index contributed by atoms with van der Waals surface area (Å²) >= 11 is 0. The molecule has 0 N–H and O–H groups in total. The van der Waals surface area contributed by atoms with Crippen LogP contribution in [0.5, 0.6) is 0 Å². The lowest BCUT2D eigenvalue weighted by atomic mass is 9.36. The molecule has 0 aliphatic heterocycles. The van der Waals surface area contributed by atoms with Gasteiger partial charge in [0.1, 0.15) is 0 Å². The topological polar surface area (TPSA) is 26.3 Å². The predicted molar refractivity (Wildman–Crippen MR) is 89.3 cm³/mol. The molecule has 0 aromatic rings. The molecule has 0 aromatic carbocycles. The lowest BCUT2D eigenvalue weighted by Gasteiger charge is -2.68. The zero-order valence-electron chi connectivity index (χ0n) is 14.9. The van der Waals surface area contributed by atoms with E-state index in [2.05, 4.69) is 26.8 Å². The van der Waals surface area contributed by atoms with Gasteiger partial charge in [0.25, 0.3) is 0 Å². The van der Waals surface area contributed by atoms with Gasteiger partial charge in [-0.1, -0.05) is 39.3 Å². The molecule has 6 atom stereocenters. The smallest absolute Gasteiger partial charge is 0.308 e. The van der Waals surface area contributed by atoms with Crippen LogP contribution in [0.1, 0.15) is 66.7 Å². The van der Waals surface area contributed by atoms with Gasteiger partial charge in [0.2, 0.25) is 0 Å². The molecule has 2 saturated carbocycles. The van der Waals surface area contributed by atoms with Crippen molar-refractivity contribution in [2.24, 2.45) is 34.5 Å². The van der Waals surface area contributed by atoms with Gasteiger partial charge in [0, 0.05) is 5.41 Å². The van der Waals surface area contributed by atoms with Crippen molar-refractivity contribution in [3.05, 3.63) is 11.6 Å². The highest BCUT2D eigenvalue weighted by Gasteiger charge is 2.71. The second kappa shape index (κ2) is 5.39. The minimum atomic E-state index is -0.0104. The van der Waals surface area contributed by atoms with Crippen molar-refractivity contribution >= 4 is 5.97 Å². The van der Waals surface area contributed by atoms with Gasteiger partial charge in [-0.15, -0.1) is 0 Å². The van der Waals surface area contributed by atoms with E-state index in [4.69, 9.17) is 4.74 Å². The zero-order valence-corrected chi connectivity index (χ0v) is 14.9. The summed E-state index contributed by atoms with van der Waals surface area (Å²) in [4.78, 5) is 12.1.